The quantitative estimate of drug-likeness (QED) is 0.845. The van der Waals surface area contributed by atoms with E-state index in [1.54, 1.807) is 6.92 Å². The van der Waals surface area contributed by atoms with Gasteiger partial charge in [0.05, 0.1) is 0 Å². The van der Waals surface area contributed by atoms with Gasteiger partial charge in [-0.2, -0.15) is 9.47 Å². The molecule has 0 aliphatic rings. The third-order valence-electron chi connectivity index (χ3n) is 2.25. The maximum absolute atomic E-state index is 12.1. The number of aryl methyl sites for hydroxylation is 2. The highest BCUT2D eigenvalue weighted by Crippen LogP contribution is 2.21. The molecule has 2 aromatic rings. The molecule has 2 rings (SSSR count). The molecule has 0 radical (unpaired) electrons. The summed E-state index contributed by atoms with van der Waals surface area (Å²) < 4.78 is 32.0. The molecule has 0 unspecified atom stereocenters. The topological polar surface area (TPSA) is 116 Å². The number of aromatic nitrogens is 4. The Bertz CT molecular complexity index is 675. The Labute approximate surface area is 114 Å². The van der Waals surface area contributed by atoms with E-state index in [4.69, 9.17) is 5.73 Å². The monoisotopic (exact) mass is 302 g/mol. The SMILES string of the molecule is CCCn1cc(S(=O)(=O)Nc2nc(C)ns2)c(N)n1. The summed E-state index contributed by atoms with van der Waals surface area (Å²) >= 11 is 0.975. The lowest BCUT2D eigenvalue weighted by atomic mass is 10.5. The van der Waals surface area contributed by atoms with Gasteiger partial charge in [-0.3, -0.25) is 9.40 Å². The Kier molecular flexibility index (Phi) is 3.71. The van der Waals surface area contributed by atoms with E-state index in [-0.39, 0.29) is 15.8 Å². The lowest BCUT2D eigenvalue weighted by Gasteiger charge is -2.02. The first kappa shape index (κ1) is 13.7. The van der Waals surface area contributed by atoms with Gasteiger partial charge in [-0.25, -0.2) is 13.4 Å². The molecule has 0 atom stereocenters. The normalized spacial score (nSPS) is 11.7. The number of nitrogens with zero attached hydrogens (tertiary/aromatic N) is 4. The molecule has 0 spiro atoms. The van der Waals surface area contributed by atoms with Crippen molar-refractivity contribution in [2.45, 2.75) is 31.7 Å². The zero-order chi connectivity index (χ0) is 14.0. The van der Waals surface area contributed by atoms with Crippen molar-refractivity contribution in [2.75, 3.05) is 10.5 Å². The van der Waals surface area contributed by atoms with Crippen LogP contribution in [0, 0.1) is 6.92 Å². The van der Waals surface area contributed by atoms with Crippen molar-refractivity contribution >= 4 is 32.5 Å². The molecule has 2 aromatic heterocycles. The summed E-state index contributed by atoms with van der Waals surface area (Å²) in [5.74, 6) is 0.486. The predicted molar refractivity (Wildman–Crippen MR) is 72.4 cm³/mol. The lowest BCUT2D eigenvalue weighted by Crippen LogP contribution is -2.13. The predicted octanol–water partition coefficient (Wildman–Crippen LogP) is 0.836. The average molecular weight is 302 g/mol. The van der Waals surface area contributed by atoms with Gasteiger partial charge in [0.2, 0.25) is 5.13 Å². The van der Waals surface area contributed by atoms with Gasteiger partial charge in [0.15, 0.2) is 5.82 Å². The Morgan fingerprint density at radius 1 is 1.53 bits per heavy atom. The van der Waals surface area contributed by atoms with Crippen LogP contribution in [0.5, 0.6) is 0 Å². The highest BCUT2D eigenvalue weighted by atomic mass is 32.2. The van der Waals surface area contributed by atoms with Crippen LogP contribution in [0.2, 0.25) is 0 Å². The van der Waals surface area contributed by atoms with Crippen LogP contribution in [0.15, 0.2) is 11.1 Å². The van der Waals surface area contributed by atoms with E-state index in [0.717, 1.165) is 18.0 Å². The molecule has 10 heteroatoms. The minimum absolute atomic E-state index is 0.0258. The highest BCUT2D eigenvalue weighted by Gasteiger charge is 2.22. The molecule has 0 amide bonds. The third kappa shape index (κ3) is 3.01. The first-order valence-electron chi connectivity index (χ1n) is 5.58. The molecule has 0 fully saturated rings. The van der Waals surface area contributed by atoms with E-state index in [2.05, 4.69) is 19.2 Å². The summed E-state index contributed by atoms with van der Waals surface area (Å²) in [5, 5.41) is 4.16. The molecular weight excluding hydrogens is 288 g/mol. The second kappa shape index (κ2) is 5.13. The van der Waals surface area contributed by atoms with Crippen LogP contribution >= 0.6 is 11.5 Å². The second-order valence-corrected chi connectivity index (χ2v) is 6.30. The number of nitrogen functional groups attached to an aromatic ring is 1. The van der Waals surface area contributed by atoms with Gasteiger partial charge in [-0.1, -0.05) is 6.92 Å². The summed E-state index contributed by atoms with van der Waals surface area (Å²) in [6.45, 7) is 4.26. The van der Waals surface area contributed by atoms with Crippen molar-refractivity contribution in [3.8, 4) is 0 Å². The van der Waals surface area contributed by atoms with Gasteiger partial charge < -0.3 is 5.73 Å². The van der Waals surface area contributed by atoms with Crippen molar-refractivity contribution in [3.05, 3.63) is 12.0 Å². The molecule has 0 aliphatic heterocycles. The van der Waals surface area contributed by atoms with E-state index >= 15 is 0 Å². The molecule has 3 N–H and O–H groups in total. The number of rotatable bonds is 5. The molecule has 19 heavy (non-hydrogen) atoms. The maximum atomic E-state index is 12.1. The summed E-state index contributed by atoms with van der Waals surface area (Å²) in [4.78, 5) is 3.90. The smallest absolute Gasteiger partial charge is 0.268 e. The maximum Gasteiger partial charge on any atom is 0.268 e. The van der Waals surface area contributed by atoms with Gasteiger partial charge in [-0.05, 0) is 13.3 Å². The molecule has 104 valence electrons. The molecule has 0 aromatic carbocycles. The summed E-state index contributed by atoms with van der Waals surface area (Å²) in [5.41, 5.74) is 5.63. The summed E-state index contributed by atoms with van der Waals surface area (Å²) in [7, 11) is -3.78. The third-order valence-corrected chi connectivity index (χ3v) is 4.45. The van der Waals surface area contributed by atoms with Crippen molar-refractivity contribution in [2.24, 2.45) is 0 Å². The average Bonchev–Trinajstić information content (AvgIpc) is 2.86. The fourth-order valence-corrected chi connectivity index (χ4v) is 3.35. The minimum Gasteiger partial charge on any atom is -0.381 e. The van der Waals surface area contributed by atoms with Crippen LogP contribution in [0.4, 0.5) is 10.9 Å². The fourth-order valence-electron chi connectivity index (χ4n) is 1.48. The van der Waals surface area contributed by atoms with E-state index < -0.39 is 10.0 Å². The van der Waals surface area contributed by atoms with Crippen LogP contribution in [0.1, 0.15) is 19.2 Å². The van der Waals surface area contributed by atoms with Gasteiger partial charge in [0, 0.05) is 24.3 Å². The number of hydrogen-bond donors (Lipinski definition) is 2. The molecule has 0 aliphatic carbocycles. The van der Waals surface area contributed by atoms with Crippen molar-refractivity contribution in [3.63, 3.8) is 0 Å². The number of nitrogens with two attached hydrogens (primary N) is 1. The van der Waals surface area contributed by atoms with Gasteiger partial charge in [-0.15, -0.1) is 0 Å². The van der Waals surface area contributed by atoms with Crippen LogP contribution in [-0.4, -0.2) is 27.6 Å². The second-order valence-electron chi connectivity index (χ2n) is 3.89. The molecule has 2 heterocycles. The Morgan fingerprint density at radius 2 is 2.26 bits per heavy atom. The van der Waals surface area contributed by atoms with Crippen molar-refractivity contribution < 1.29 is 8.42 Å². The summed E-state index contributed by atoms with van der Waals surface area (Å²) in [6.07, 6.45) is 2.25. The zero-order valence-corrected chi connectivity index (χ0v) is 12.1. The van der Waals surface area contributed by atoms with Crippen LogP contribution in [-0.2, 0) is 16.6 Å². The fraction of sp³-hybridized carbons (Fsp3) is 0.444. The van der Waals surface area contributed by atoms with Crippen molar-refractivity contribution in [1.29, 1.82) is 0 Å². The molecule has 0 saturated carbocycles. The van der Waals surface area contributed by atoms with E-state index in [0.29, 0.717) is 12.4 Å². The number of sulfonamides is 1. The first-order chi connectivity index (χ1) is 8.92. The Hall–Kier alpha value is -1.68. The number of anilines is 2. The first-order valence-corrected chi connectivity index (χ1v) is 7.84. The zero-order valence-electron chi connectivity index (χ0n) is 10.5. The van der Waals surface area contributed by atoms with E-state index in [1.807, 2.05) is 6.92 Å². The van der Waals surface area contributed by atoms with E-state index in [1.165, 1.54) is 10.9 Å². The Morgan fingerprint density at radius 3 is 2.84 bits per heavy atom. The summed E-state index contributed by atoms with van der Waals surface area (Å²) in [6, 6.07) is 0. The molecule has 0 saturated heterocycles. The van der Waals surface area contributed by atoms with E-state index in [9.17, 15) is 8.42 Å². The highest BCUT2D eigenvalue weighted by molar-refractivity contribution is 7.93. The Balaban J connectivity index is 2.28. The van der Waals surface area contributed by atoms with Crippen molar-refractivity contribution in [1.82, 2.24) is 19.1 Å². The molecule has 8 nitrogen and oxygen atoms in total. The van der Waals surface area contributed by atoms with Crippen LogP contribution in [0.25, 0.3) is 0 Å². The van der Waals surface area contributed by atoms with Crippen LogP contribution in [0.3, 0.4) is 0 Å². The number of nitrogens with one attached hydrogen (secondary N) is 1. The molecular formula is C9H14N6O2S2. The lowest BCUT2D eigenvalue weighted by molar-refractivity contribution is 0.595. The van der Waals surface area contributed by atoms with Gasteiger partial charge in [0.25, 0.3) is 10.0 Å². The largest absolute Gasteiger partial charge is 0.381 e. The minimum atomic E-state index is -3.78. The molecule has 0 bridgehead atoms. The standard InChI is InChI=1S/C9H14N6O2S2/c1-3-4-15-5-7(8(10)12-15)19(16,17)14-9-11-6(2)13-18-9/h5H,3-4H2,1-2H3,(H2,10,12)(H,11,13,14). The van der Waals surface area contributed by atoms with Gasteiger partial charge >= 0.3 is 0 Å². The van der Waals surface area contributed by atoms with Gasteiger partial charge in [0.1, 0.15) is 10.7 Å². The number of hydrogen-bond acceptors (Lipinski definition) is 7. The van der Waals surface area contributed by atoms with Crippen LogP contribution < -0.4 is 10.5 Å².